The fourth-order valence-electron chi connectivity index (χ4n) is 4.43. The number of fused-ring (bicyclic) bond motifs is 1. The van der Waals surface area contributed by atoms with Gasteiger partial charge in [-0.15, -0.1) is 0 Å². The van der Waals surface area contributed by atoms with E-state index in [0.717, 1.165) is 12.0 Å². The van der Waals surface area contributed by atoms with Gasteiger partial charge in [-0.1, -0.05) is 30.3 Å². The maximum Gasteiger partial charge on any atom is 0.243 e. The van der Waals surface area contributed by atoms with Crippen molar-refractivity contribution < 1.29 is 22.7 Å². The van der Waals surface area contributed by atoms with Gasteiger partial charge < -0.3 is 19.7 Å². The van der Waals surface area contributed by atoms with Crippen LogP contribution in [0, 0.1) is 5.92 Å². The summed E-state index contributed by atoms with van der Waals surface area (Å²) in [5, 5.41) is 3.08. The standard InChI is InChI=1S/C25H33N3O5S/c1-27(2)22(19-7-4-3-5-8-19)18-26-25(29)20-11-13-28(14-12-20)34(30,31)21-9-10-23-24(17-21)33-16-6-15-32-23/h3-5,7-10,17,20,22H,6,11-16,18H2,1-2H3,(H,26,29)/t22-/m0/s1. The van der Waals surface area contributed by atoms with Crippen molar-refractivity contribution in [2.24, 2.45) is 5.92 Å². The van der Waals surface area contributed by atoms with Crippen LogP contribution in [-0.2, 0) is 14.8 Å². The first-order valence-electron chi connectivity index (χ1n) is 11.7. The predicted octanol–water partition coefficient (Wildman–Crippen LogP) is 2.67. The van der Waals surface area contributed by atoms with Crippen LogP contribution in [0.3, 0.4) is 0 Å². The summed E-state index contributed by atoms with van der Waals surface area (Å²) in [4.78, 5) is 15.1. The van der Waals surface area contributed by atoms with Gasteiger partial charge in [0.05, 0.1) is 24.2 Å². The summed E-state index contributed by atoms with van der Waals surface area (Å²) < 4.78 is 39.1. The molecule has 4 rings (SSSR count). The van der Waals surface area contributed by atoms with Crippen molar-refractivity contribution in [2.75, 3.05) is 46.9 Å². The van der Waals surface area contributed by atoms with Gasteiger partial charge in [0.15, 0.2) is 11.5 Å². The number of carbonyl (C=O) groups excluding carboxylic acids is 1. The van der Waals surface area contributed by atoms with Gasteiger partial charge in [0.25, 0.3) is 0 Å². The van der Waals surface area contributed by atoms with Gasteiger partial charge in [0.1, 0.15) is 0 Å². The van der Waals surface area contributed by atoms with Crippen molar-refractivity contribution in [1.82, 2.24) is 14.5 Å². The number of sulfonamides is 1. The Hall–Kier alpha value is -2.62. The van der Waals surface area contributed by atoms with Crippen LogP contribution in [0.2, 0.25) is 0 Å². The van der Waals surface area contributed by atoms with E-state index >= 15 is 0 Å². The first-order valence-corrected chi connectivity index (χ1v) is 13.2. The van der Waals surface area contributed by atoms with Gasteiger partial charge in [0.2, 0.25) is 15.9 Å². The number of rotatable bonds is 7. The molecule has 1 saturated heterocycles. The largest absolute Gasteiger partial charge is 0.490 e. The number of nitrogens with one attached hydrogen (secondary N) is 1. The summed E-state index contributed by atoms with van der Waals surface area (Å²) in [6.45, 7) is 2.17. The quantitative estimate of drug-likeness (QED) is 0.646. The third-order valence-electron chi connectivity index (χ3n) is 6.46. The highest BCUT2D eigenvalue weighted by Gasteiger charge is 2.33. The van der Waals surface area contributed by atoms with E-state index in [4.69, 9.17) is 9.47 Å². The Kier molecular flexibility index (Phi) is 7.75. The molecule has 8 nitrogen and oxygen atoms in total. The van der Waals surface area contributed by atoms with E-state index in [9.17, 15) is 13.2 Å². The smallest absolute Gasteiger partial charge is 0.243 e. The minimum Gasteiger partial charge on any atom is -0.490 e. The highest BCUT2D eigenvalue weighted by atomic mass is 32.2. The molecule has 0 aliphatic carbocycles. The molecule has 34 heavy (non-hydrogen) atoms. The van der Waals surface area contributed by atoms with Gasteiger partial charge in [-0.3, -0.25) is 4.79 Å². The Balaban J connectivity index is 1.34. The third-order valence-corrected chi connectivity index (χ3v) is 8.35. The lowest BCUT2D eigenvalue weighted by atomic mass is 9.97. The minimum atomic E-state index is -3.67. The molecule has 2 aliphatic rings. The summed E-state index contributed by atoms with van der Waals surface area (Å²) in [7, 11) is 0.316. The van der Waals surface area contributed by atoms with Crippen LogP contribution < -0.4 is 14.8 Å². The van der Waals surface area contributed by atoms with E-state index in [1.54, 1.807) is 18.2 Å². The molecule has 184 valence electrons. The van der Waals surface area contributed by atoms with Gasteiger partial charge >= 0.3 is 0 Å². The van der Waals surface area contributed by atoms with E-state index in [1.807, 2.05) is 32.3 Å². The van der Waals surface area contributed by atoms with Crippen LogP contribution in [-0.4, -0.2) is 70.5 Å². The fraction of sp³-hybridized carbons (Fsp3) is 0.480. The average Bonchev–Trinajstić information content (AvgIpc) is 3.09. The van der Waals surface area contributed by atoms with Crippen molar-refractivity contribution in [1.29, 1.82) is 0 Å². The Morgan fingerprint density at radius 2 is 1.74 bits per heavy atom. The molecule has 1 amide bonds. The molecule has 1 fully saturated rings. The molecule has 0 bridgehead atoms. The second kappa shape index (κ2) is 10.8. The van der Waals surface area contributed by atoms with Gasteiger partial charge in [-0.25, -0.2) is 8.42 Å². The van der Waals surface area contributed by atoms with Crippen LogP contribution in [0.15, 0.2) is 53.4 Å². The van der Waals surface area contributed by atoms with E-state index < -0.39 is 10.0 Å². The Bertz CT molecular complexity index is 1080. The summed E-state index contributed by atoms with van der Waals surface area (Å²) in [5.41, 5.74) is 1.14. The summed E-state index contributed by atoms with van der Waals surface area (Å²) in [6, 6.07) is 14.9. The van der Waals surface area contributed by atoms with Crippen LogP contribution in [0.4, 0.5) is 0 Å². The molecule has 2 aromatic carbocycles. The lowest BCUT2D eigenvalue weighted by Crippen LogP contribution is -2.44. The van der Waals surface area contributed by atoms with Crippen LogP contribution >= 0.6 is 0 Å². The molecule has 0 aromatic heterocycles. The Morgan fingerprint density at radius 1 is 1.06 bits per heavy atom. The molecule has 0 unspecified atom stereocenters. The molecule has 0 saturated carbocycles. The number of hydrogen-bond acceptors (Lipinski definition) is 6. The normalized spacial score (nSPS) is 18.3. The molecular weight excluding hydrogens is 454 g/mol. The van der Waals surface area contributed by atoms with Crippen LogP contribution in [0.1, 0.15) is 30.9 Å². The monoisotopic (exact) mass is 487 g/mol. The van der Waals surface area contributed by atoms with Gasteiger partial charge in [-0.05, 0) is 44.6 Å². The molecule has 2 heterocycles. The summed E-state index contributed by atoms with van der Waals surface area (Å²) in [5.74, 6) is 0.810. The van der Waals surface area contributed by atoms with E-state index in [-0.39, 0.29) is 22.8 Å². The lowest BCUT2D eigenvalue weighted by Gasteiger charge is -2.31. The Morgan fingerprint density at radius 3 is 2.41 bits per heavy atom. The number of carbonyl (C=O) groups is 1. The first-order chi connectivity index (χ1) is 16.4. The van der Waals surface area contributed by atoms with Crippen molar-refractivity contribution in [2.45, 2.75) is 30.2 Å². The van der Waals surface area contributed by atoms with E-state index in [2.05, 4.69) is 22.3 Å². The van der Waals surface area contributed by atoms with Crippen molar-refractivity contribution in [3.05, 3.63) is 54.1 Å². The summed E-state index contributed by atoms with van der Waals surface area (Å²) >= 11 is 0. The zero-order valence-electron chi connectivity index (χ0n) is 19.8. The highest BCUT2D eigenvalue weighted by molar-refractivity contribution is 7.89. The SMILES string of the molecule is CN(C)[C@@H](CNC(=O)C1CCN(S(=O)(=O)c2ccc3c(c2)OCCCO3)CC1)c1ccccc1. The Labute approximate surface area is 201 Å². The lowest BCUT2D eigenvalue weighted by molar-refractivity contribution is -0.126. The second-order valence-corrected chi connectivity index (χ2v) is 10.9. The van der Waals surface area contributed by atoms with Crippen molar-refractivity contribution in [3.63, 3.8) is 0 Å². The number of hydrogen-bond donors (Lipinski definition) is 1. The zero-order valence-corrected chi connectivity index (χ0v) is 20.6. The topological polar surface area (TPSA) is 88.2 Å². The number of piperidine rings is 1. The van der Waals surface area contributed by atoms with Crippen LogP contribution in [0.5, 0.6) is 11.5 Å². The summed E-state index contributed by atoms with van der Waals surface area (Å²) in [6.07, 6.45) is 1.74. The van der Waals surface area contributed by atoms with Gasteiger partial charge in [0, 0.05) is 38.0 Å². The molecule has 1 N–H and O–H groups in total. The molecule has 1 atom stereocenters. The predicted molar refractivity (Wildman–Crippen MR) is 129 cm³/mol. The van der Waals surface area contributed by atoms with Crippen LogP contribution in [0.25, 0.3) is 0 Å². The van der Waals surface area contributed by atoms with E-state index in [0.29, 0.717) is 57.2 Å². The average molecular weight is 488 g/mol. The number of amides is 1. The second-order valence-electron chi connectivity index (χ2n) is 8.97. The number of benzene rings is 2. The maximum atomic E-state index is 13.2. The molecule has 0 spiro atoms. The molecular formula is C25H33N3O5S. The van der Waals surface area contributed by atoms with Gasteiger partial charge in [-0.2, -0.15) is 4.31 Å². The first kappa shape index (κ1) is 24.5. The van der Waals surface area contributed by atoms with E-state index in [1.165, 1.54) is 4.31 Å². The minimum absolute atomic E-state index is 0.0181. The molecule has 0 radical (unpaired) electrons. The van der Waals surface area contributed by atoms with Crippen molar-refractivity contribution in [3.8, 4) is 11.5 Å². The molecule has 9 heteroatoms. The number of likely N-dealkylation sites (N-methyl/N-ethyl adjacent to an activating group) is 1. The fourth-order valence-corrected chi connectivity index (χ4v) is 5.91. The van der Waals surface area contributed by atoms with Crippen molar-refractivity contribution >= 4 is 15.9 Å². The molecule has 2 aliphatic heterocycles. The highest BCUT2D eigenvalue weighted by Crippen LogP contribution is 2.33. The number of nitrogens with zero attached hydrogens (tertiary/aromatic N) is 2. The maximum absolute atomic E-state index is 13.2. The number of ether oxygens (including phenoxy) is 2. The molecule has 2 aromatic rings. The third kappa shape index (κ3) is 5.54. The zero-order chi connectivity index (χ0) is 24.1.